The third-order valence-electron chi connectivity index (χ3n) is 4.02. The fourth-order valence-corrected chi connectivity index (χ4v) is 2.73. The van der Waals surface area contributed by atoms with Crippen LogP contribution in [-0.4, -0.2) is 24.1 Å². The van der Waals surface area contributed by atoms with E-state index in [0.29, 0.717) is 17.4 Å². The predicted molar refractivity (Wildman–Crippen MR) is 91.2 cm³/mol. The molecule has 4 aromatic rings. The fraction of sp³-hybridized carbons (Fsp3) is 0.111. The maximum Gasteiger partial charge on any atom is 0.261 e. The van der Waals surface area contributed by atoms with Gasteiger partial charge < -0.3 is 4.57 Å². The molecule has 0 radical (unpaired) electrons. The quantitative estimate of drug-likeness (QED) is 0.582. The van der Waals surface area contributed by atoms with E-state index in [1.165, 1.54) is 0 Å². The summed E-state index contributed by atoms with van der Waals surface area (Å²) < 4.78 is 3.63. The third-order valence-corrected chi connectivity index (χ3v) is 4.02. The summed E-state index contributed by atoms with van der Waals surface area (Å²) in [5.41, 5.74) is 2.64. The number of benzene rings is 1. The van der Waals surface area contributed by atoms with Crippen molar-refractivity contribution < 1.29 is 0 Å². The van der Waals surface area contributed by atoms with Crippen LogP contribution in [0.5, 0.6) is 0 Å². The lowest BCUT2D eigenvalue weighted by Gasteiger charge is -2.09. The molecule has 118 valence electrons. The first-order valence-electron chi connectivity index (χ1n) is 7.61. The topological polar surface area (TPSA) is 65.6 Å². The molecule has 0 fully saturated rings. The summed E-state index contributed by atoms with van der Waals surface area (Å²) in [6, 6.07) is 9.77. The van der Waals surface area contributed by atoms with Crippen molar-refractivity contribution in [1.82, 2.24) is 24.1 Å². The highest BCUT2D eigenvalue weighted by Crippen LogP contribution is 2.12. The number of hydrogen-bond donors (Lipinski definition) is 0. The highest BCUT2D eigenvalue weighted by molar-refractivity contribution is 5.75. The molecule has 0 aliphatic heterocycles. The molecule has 0 unspecified atom stereocenters. The number of nitrogens with zero attached hydrogens (tertiary/aromatic N) is 5. The zero-order chi connectivity index (χ0) is 16.5. The predicted octanol–water partition coefficient (Wildman–Crippen LogP) is 2.33. The van der Waals surface area contributed by atoms with E-state index in [1.807, 2.05) is 42.0 Å². The molecule has 0 saturated carbocycles. The largest absolute Gasteiger partial charge is 0.304 e. The Balaban J connectivity index is 1.65. The van der Waals surface area contributed by atoms with E-state index >= 15 is 0 Å². The van der Waals surface area contributed by atoms with Gasteiger partial charge in [-0.2, -0.15) is 0 Å². The molecule has 0 aliphatic carbocycles. The van der Waals surface area contributed by atoms with E-state index in [4.69, 9.17) is 0 Å². The van der Waals surface area contributed by atoms with Crippen molar-refractivity contribution in [3.05, 3.63) is 83.2 Å². The molecule has 24 heavy (non-hydrogen) atoms. The molecule has 6 heteroatoms. The molecule has 0 N–H and O–H groups in total. The van der Waals surface area contributed by atoms with Crippen LogP contribution >= 0.6 is 0 Å². The Morgan fingerprint density at radius 1 is 1.04 bits per heavy atom. The minimum atomic E-state index is -0.0584. The van der Waals surface area contributed by atoms with Crippen LogP contribution < -0.4 is 5.56 Å². The number of pyridine rings is 1. The van der Waals surface area contributed by atoms with Crippen LogP contribution in [0.4, 0.5) is 0 Å². The Morgan fingerprint density at radius 3 is 2.62 bits per heavy atom. The van der Waals surface area contributed by atoms with Gasteiger partial charge in [-0.3, -0.25) is 14.3 Å². The first-order chi connectivity index (χ1) is 11.7. The molecular weight excluding hydrogens is 302 g/mol. The molecule has 0 bridgehead atoms. The Hall–Kier alpha value is -3.28. The van der Waals surface area contributed by atoms with Crippen molar-refractivity contribution in [2.45, 2.75) is 13.5 Å². The van der Waals surface area contributed by atoms with Crippen LogP contribution in [0.15, 0.2) is 66.2 Å². The van der Waals surface area contributed by atoms with Gasteiger partial charge in [0.15, 0.2) is 0 Å². The average molecular weight is 317 g/mol. The second-order valence-corrected chi connectivity index (χ2v) is 5.58. The van der Waals surface area contributed by atoms with E-state index in [2.05, 4.69) is 15.0 Å². The van der Waals surface area contributed by atoms with E-state index in [0.717, 1.165) is 17.1 Å². The van der Waals surface area contributed by atoms with Gasteiger partial charge in [0.2, 0.25) is 0 Å². The Morgan fingerprint density at radius 2 is 1.88 bits per heavy atom. The molecule has 0 saturated heterocycles. The lowest BCUT2D eigenvalue weighted by Crippen LogP contribution is -2.21. The molecular formula is C18H15N5O. The smallest absolute Gasteiger partial charge is 0.261 e. The second kappa shape index (κ2) is 5.73. The molecule has 1 aromatic carbocycles. The Kier molecular flexibility index (Phi) is 3.42. The molecule has 0 aliphatic rings. The number of rotatable bonds is 3. The average Bonchev–Trinajstić information content (AvgIpc) is 3.04. The number of hydrogen-bond acceptors (Lipinski definition) is 4. The second-order valence-electron chi connectivity index (χ2n) is 5.58. The van der Waals surface area contributed by atoms with Crippen molar-refractivity contribution >= 4 is 10.9 Å². The maximum absolute atomic E-state index is 12.5. The summed E-state index contributed by atoms with van der Waals surface area (Å²) in [6.07, 6.45) is 8.48. The van der Waals surface area contributed by atoms with Crippen LogP contribution in [-0.2, 0) is 6.54 Å². The monoisotopic (exact) mass is 317 g/mol. The lowest BCUT2D eigenvalue weighted by molar-refractivity contribution is 0.747. The van der Waals surface area contributed by atoms with Gasteiger partial charge in [0.1, 0.15) is 5.82 Å². The van der Waals surface area contributed by atoms with Gasteiger partial charge in [-0.1, -0.05) is 12.1 Å². The summed E-state index contributed by atoms with van der Waals surface area (Å²) in [5.74, 6) is 0.936. The van der Waals surface area contributed by atoms with E-state index in [-0.39, 0.29) is 5.56 Å². The molecule has 3 aromatic heterocycles. The highest BCUT2D eigenvalue weighted by atomic mass is 16.1. The maximum atomic E-state index is 12.5. The van der Waals surface area contributed by atoms with Gasteiger partial charge in [0.25, 0.3) is 5.56 Å². The normalized spacial score (nSPS) is 11.0. The number of imidazole rings is 1. The molecule has 4 rings (SSSR count). The highest BCUT2D eigenvalue weighted by Gasteiger charge is 2.05. The zero-order valence-corrected chi connectivity index (χ0v) is 13.1. The van der Waals surface area contributed by atoms with Crippen LogP contribution in [0.25, 0.3) is 16.6 Å². The third kappa shape index (κ3) is 2.48. The van der Waals surface area contributed by atoms with Crippen molar-refractivity contribution in [3.8, 4) is 5.69 Å². The van der Waals surface area contributed by atoms with Gasteiger partial charge in [-0.25, -0.2) is 9.97 Å². The standard InChI is InChI=1S/C18H15N5O/c1-13-20-8-9-23(13)15-4-2-14(3-5-15)11-22-12-21-17-10-19-7-6-16(17)18(22)24/h2-10,12H,11H2,1H3. The van der Waals surface area contributed by atoms with Gasteiger partial charge in [-0.15, -0.1) is 0 Å². The Labute approximate surface area is 138 Å². The van der Waals surface area contributed by atoms with Gasteiger partial charge in [0.05, 0.1) is 30.0 Å². The van der Waals surface area contributed by atoms with Crippen LogP contribution in [0, 0.1) is 6.92 Å². The number of fused-ring (bicyclic) bond motifs is 1. The van der Waals surface area contributed by atoms with Crippen molar-refractivity contribution in [2.75, 3.05) is 0 Å². The summed E-state index contributed by atoms with van der Waals surface area (Å²) in [4.78, 5) is 25.0. The summed E-state index contributed by atoms with van der Waals surface area (Å²) in [6.45, 7) is 2.44. The van der Waals surface area contributed by atoms with Crippen LogP contribution in [0.1, 0.15) is 11.4 Å². The minimum absolute atomic E-state index is 0.0584. The van der Waals surface area contributed by atoms with Crippen LogP contribution in [0.2, 0.25) is 0 Å². The van der Waals surface area contributed by atoms with Gasteiger partial charge >= 0.3 is 0 Å². The first kappa shape index (κ1) is 14.3. The molecule has 0 amide bonds. The van der Waals surface area contributed by atoms with E-state index in [1.54, 1.807) is 35.6 Å². The lowest BCUT2D eigenvalue weighted by atomic mass is 10.2. The molecule has 0 atom stereocenters. The van der Waals surface area contributed by atoms with E-state index < -0.39 is 0 Å². The van der Waals surface area contributed by atoms with E-state index in [9.17, 15) is 4.79 Å². The number of aryl methyl sites for hydroxylation is 1. The first-order valence-corrected chi connectivity index (χ1v) is 7.61. The minimum Gasteiger partial charge on any atom is -0.304 e. The fourth-order valence-electron chi connectivity index (χ4n) is 2.73. The van der Waals surface area contributed by atoms with Crippen molar-refractivity contribution in [2.24, 2.45) is 0 Å². The summed E-state index contributed by atoms with van der Waals surface area (Å²) in [7, 11) is 0. The van der Waals surface area contributed by atoms with Crippen LogP contribution in [0.3, 0.4) is 0 Å². The molecule has 0 spiro atoms. The summed E-state index contributed by atoms with van der Waals surface area (Å²) in [5, 5.41) is 0.582. The SMILES string of the molecule is Cc1nccn1-c1ccc(Cn2cnc3cnccc3c2=O)cc1. The van der Waals surface area contributed by atoms with Crippen molar-refractivity contribution in [1.29, 1.82) is 0 Å². The van der Waals surface area contributed by atoms with Gasteiger partial charge in [-0.05, 0) is 30.7 Å². The van der Waals surface area contributed by atoms with Gasteiger partial charge in [0, 0.05) is 24.3 Å². The molecule has 3 heterocycles. The zero-order valence-electron chi connectivity index (χ0n) is 13.1. The van der Waals surface area contributed by atoms with Crippen molar-refractivity contribution in [3.63, 3.8) is 0 Å². The Bertz CT molecular complexity index is 1060. The summed E-state index contributed by atoms with van der Waals surface area (Å²) >= 11 is 0. The molecule has 6 nitrogen and oxygen atoms in total. The number of aromatic nitrogens is 5.